The highest BCUT2D eigenvalue weighted by Crippen LogP contribution is 2.26. The van der Waals surface area contributed by atoms with E-state index in [0.717, 1.165) is 42.0 Å². The summed E-state index contributed by atoms with van der Waals surface area (Å²) in [6.45, 7) is 4.70. The second kappa shape index (κ2) is 6.73. The van der Waals surface area contributed by atoms with E-state index in [0.29, 0.717) is 6.54 Å². The molecule has 0 bridgehead atoms. The van der Waals surface area contributed by atoms with Crippen LogP contribution in [0.1, 0.15) is 45.4 Å². The number of fused-ring (bicyclic) bond motifs is 1. The molecule has 0 radical (unpaired) electrons. The molecule has 0 amide bonds. The summed E-state index contributed by atoms with van der Waals surface area (Å²) < 4.78 is 10.0. The Morgan fingerprint density at radius 2 is 1.96 bits per heavy atom. The van der Waals surface area contributed by atoms with Crippen LogP contribution in [-0.4, -0.2) is 16.6 Å². The minimum Gasteiger partial charge on any atom is -0.459 e. The number of hydrogen-bond acceptors (Lipinski definition) is 2. The van der Waals surface area contributed by atoms with Gasteiger partial charge in [0.2, 0.25) is 0 Å². The molecular weight excluding hydrogens is 288 g/mol. The summed E-state index contributed by atoms with van der Waals surface area (Å²) in [5.41, 5.74) is 2.25. The first-order chi connectivity index (χ1) is 11.1. The van der Waals surface area contributed by atoms with Crippen molar-refractivity contribution >= 4 is 17.0 Å². The van der Waals surface area contributed by atoms with Crippen molar-refractivity contribution in [1.82, 2.24) is 4.57 Å². The summed E-state index contributed by atoms with van der Waals surface area (Å²) in [4.78, 5) is 12.4. The molecule has 0 N–H and O–H groups in total. The van der Waals surface area contributed by atoms with Crippen molar-refractivity contribution in [2.45, 2.75) is 58.6 Å². The molecule has 1 aromatic heterocycles. The lowest BCUT2D eigenvalue weighted by molar-refractivity contribution is -0.653. The number of ether oxygens (including phenoxy) is 1. The van der Waals surface area contributed by atoms with Crippen LogP contribution in [-0.2, 0) is 29.5 Å². The highest BCUT2D eigenvalue weighted by molar-refractivity contribution is 5.76. The van der Waals surface area contributed by atoms with E-state index in [2.05, 4.69) is 42.2 Å². The Balaban J connectivity index is 1.77. The zero-order valence-corrected chi connectivity index (χ0v) is 14.4. The van der Waals surface area contributed by atoms with E-state index in [1.807, 2.05) is 12.1 Å². The predicted molar refractivity (Wildman–Crippen MR) is 90.0 cm³/mol. The van der Waals surface area contributed by atoms with Gasteiger partial charge in [0, 0.05) is 6.42 Å². The molecule has 1 saturated carbocycles. The van der Waals surface area contributed by atoms with Gasteiger partial charge in [-0.1, -0.05) is 26.0 Å². The van der Waals surface area contributed by atoms with Crippen LogP contribution in [0.25, 0.3) is 11.0 Å². The molecule has 1 aromatic carbocycles. The third-order valence-corrected chi connectivity index (χ3v) is 5.10. The van der Waals surface area contributed by atoms with E-state index in [1.165, 1.54) is 12.8 Å². The van der Waals surface area contributed by atoms with Gasteiger partial charge in [0.15, 0.2) is 17.6 Å². The van der Waals surface area contributed by atoms with Gasteiger partial charge >= 0.3 is 5.97 Å². The zero-order valence-electron chi connectivity index (χ0n) is 14.4. The van der Waals surface area contributed by atoms with Gasteiger partial charge in [-0.05, 0) is 43.7 Å². The van der Waals surface area contributed by atoms with Crippen molar-refractivity contribution in [2.24, 2.45) is 13.0 Å². The summed E-state index contributed by atoms with van der Waals surface area (Å²) in [6, 6.07) is 8.22. The maximum Gasteiger partial charge on any atom is 0.348 e. The van der Waals surface area contributed by atoms with Crippen LogP contribution in [0.2, 0.25) is 0 Å². The number of nitrogens with zero attached hydrogens (tertiary/aromatic N) is 2. The number of hydrogen-bond donors (Lipinski definition) is 0. The summed E-state index contributed by atoms with van der Waals surface area (Å²) >= 11 is 0. The highest BCUT2D eigenvalue weighted by Gasteiger charge is 2.26. The van der Waals surface area contributed by atoms with Crippen LogP contribution in [0, 0.1) is 5.92 Å². The number of benzene rings is 1. The van der Waals surface area contributed by atoms with Crippen molar-refractivity contribution in [1.29, 1.82) is 0 Å². The van der Waals surface area contributed by atoms with Gasteiger partial charge < -0.3 is 4.74 Å². The van der Waals surface area contributed by atoms with Gasteiger partial charge in [0.25, 0.3) is 5.82 Å². The number of carbonyl (C=O) groups is 1. The molecule has 3 rings (SSSR count). The van der Waals surface area contributed by atoms with E-state index < -0.39 is 0 Å². The third-order valence-electron chi connectivity index (χ3n) is 5.10. The molecule has 23 heavy (non-hydrogen) atoms. The standard InChI is InChI=1S/C19H27N2O2/c1-4-18-20(3)16-7-5-6-8-17(16)21(18)13-19(22)23-15-11-9-14(2)10-12-15/h5-8,14-15H,4,9-13H2,1-3H3/q+1/t14-,15+. The van der Waals surface area contributed by atoms with Crippen LogP contribution in [0.3, 0.4) is 0 Å². The van der Waals surface area contributed by atoms with E-state index in [9.17, 15) is 4.79 Å². The van der Waals surface area contributed by atoms with E-state index in [4.69, 9.17) is 4.74 Å². The molecular formula is C19H27N2O2+. The highest BCUT2D eigenvalue weighted by atomic mass is 16.5. The summed E-state index contributed by atoms with van der Waals surface area (Å²) in [5, 5.41) is 0. The van der Waals surface area contributed by atoms with Crippen molar-refractivity contribution in [3.63, 3.8) is 0 Å². The van der Waals surface area contributed by atoms with E-state index in [-0.39, 0.29) is 12.1 Å². The molecule has 1 heterocycles. The smallest absolute Gasteiger partial charge is 0.348 e. The first-order valence-electron chi connectivity index (χ1n) is 8.75. The van der Waals surface area contributed by atoms with Crippen LogP contribution < -0.4 is 4.57 Å². The normalized spacial score (nSPS) is 21.5. The molecule has 1 fully saturated rings. The Hall–Kier alpha value is -1.84. The van der Waals surface area contributed by atoms with Gasteiger partial charge in [-0.25, -0.2) is 13.9 Å². The van der Waals surface area contributed by atoms with Gasteiger partial charge in [-0.15, -0.1) is 0 Å². The van der Waals surface area contributed by atoms with Crippen LogP contribution >= 0.6 is 0 Å². The molecule has 0 atom stereocenters. The molecule has 0 saturated heterocycles. The Morgan fingerprint density at radius 1 is 1.26 bits per heavy atom. The number of aryl methyl sites for hydroxylation is 1. The molecule has 2 aromatic rings. The Kier molecular flexibility index (Phi) is 4.69. The third kappa shape index (κ3) is 3.26. The molecule has 1 aliphatic rings. The van der Waals surface area contributed by atoms with Gasteiger partial charge in [-0.3, -0.25) is 0 Å². The largest absolute Gasteiger partial charge is 0.459 e. The number of para-hydroxylation sites is 2. The van der Waals surface area contributed by atoms with Gasteiger partial charge in [0.05, 0.1) is 7.05 Å². The predicted octanol–water partition coefficient (Wildman–Crippen LogP) is 3.15. The maximum atomic E-state index is 12.4. The quantitative estimate of drug-likeness (QED) is 0.642. The second-order valence-electron chi connectivity index (χ2n) is 6.78. The SMILES string of the molecule is CCc1n(CC(=O)O[C@H]2CC[C@@H](C)CC2)c2ccccc2[n+]1C. The van der Waals surface area contributed by atoms with Crippen LogP contribution in [0.15, 0.2) is 24.3 Å². The Morgan fingerprint density at radius 3 is 2.65 bits per heavy atom. The number of esters is 1. The summed E-state index contributed by atoms with van der Waals surface area (Å²) in [5.74, 6) is 1.81. The minimum atomic E-state index is -0.111. The first kappa shape index (κ1) is 16.0. The van der Waals surface area contributed by atoms with Gasteiger partial charge in [0.1, 0.15) is 6.10 Å². The Bertz CT molecular complexity index is 697. The van der Waals surface area contributed by atoms with Crippen LogP contribution in [0.5, 0.6) is 0 Å². The number of carbonyl (C=O) groups excluding carboxylic acids is 1. The minimum absolute atomic E-state index is 0.111. The first-order valence-corrected chi connectivity index (χ1v) is 8.75. The van der Waals surface area contributed by atoms with Crippen molar-refractivity contribution in [2.75, 3.05) is 0 Å². The molecule has 4 nitrogen and oxygen atoms in total. The number of imidazole rings is 1. The van der Waals surface area contributed by atoms with Crippen molar-refractivity contribution in [3.8, 4) is 0 Å². The molecule has 0 spiro atoms. The summed E-state index contributed by atoms with van der Waals surface area (Å²) in [6.07, 6.45) is 5.35. The number of aromatic nitrogens is 2. The van der Waals surface area contributed by atoms with E-state index in [1.54, 1.807) is 0 Å². The van der Waals surface area contributed by atoms with Crippen molar-refractivity contribution in [3.05, 3.63) is 30.1 Å². The molecule has 4 heteroatoms. The average molecular weight is 315 g/mol. The van der Waals surface area contributed by atoms with Crippen LogP contribution in [0.4, 0.5) is 0 Å². The molecule has 124 valence electrons. The topological polar surface area (TPSA) is 35.1 Å². The monoisotopic (exact) mass is 315 g/mol. The maximum absolute atomic E-state index is 12.4. The summed E-state index contributed by atoms with van der Waals surface area (Å²) in [7, 11) is 2.06. The number of rotatable bonds is 4. The second-order valence-corrected chi connectivity index (χ2v) is 6.78. The fraction of sp³-hybridized carbons (Fsp3) is 0.579. The molecule has 0 aliphatic heterocycles. The molecule has 1 aliphatic carbocycles. The fourth-order valence-corrected chi connectivity index (χ4v) is 3.74. The lowest BCUT2D eigenvalue weighted by atomic mass is 9.89. The zero-order chi connectivity index (χ0) is 16.4. The van der Waals surface area contributed by atoms with E-state index >= 15 is 0 Å². The lowest BCUT2D eigenvalue weighted by Gasteiger charge is -2.25. The Labute approximate surface area is 138 Å². The van der Waals surface area contributed by atoms with Gasteiger partial charge in [-0.2, -0.15) is 0 Å². The lowest BCUT2D eigenvalue weighted by Crippen LogP contribution is -2.33. The fourth-order valence-electron chi connectivity index (χ4n) is 3.74. The van der Waals surface area contributed by atoms with Crippen molar-refractivity contribution < 1.29 is 14.1 Å². The average Bonchev–Trinajstić information content (AvgIpc) is 2.82. The molecule has 0 unspecified atom stereocenters.